The van der Waals surface area contributed by atoms with Gasteiger partial charge in [0.1, 0.15) is 18.0 Å². The minimum Gasteiger partial charge on any atom is -0.490 e. The zero-order chi connectivity index (χ0) is 10.0. The van der Waals surface area contributed by atoms with Crippen LogP contribution in [0.3, 0.4) is 0 Å². The van der Waals surface area contributed by atoms with Crippen LogP contribution in [0.15, 0.2) is 30.8 Å². The third-order valence-electron chi connectivity index (χ3n) is 2.31. The molecule has 1 atom stereocenters. The van der Waals surface area contributed by atoms with Gasteiger partial charge in [0.15, 0.2) is 0 Å². The van der Waals surface area contributed by atoms with Gasteiger partial charge in [0, 0.05) is 5.56 Å². The summed E-state index contributed by atoms with van der Waals surface area (Å²) in [5.74, 6) is 0.874. The third kappa shape index (κ3) is 1.96. The number of benzene rings is 1. The van der Waals surface area contributed by atoms with E-state index in [2.05, 4.69) is 6.58 Å². The molecule has 1 aromatic carbocycles. The largest absolute Gasteiger partial charge is 0.490 e. The van der Waals surface area contributed by atoms with Crippen LogP contribution in [0, 0.1) is 0 Å². The molecule has 0 radical (unpaired) electrons. The molecule has 1 aliphatic heterocycles. The van der Waals surface area contributed by atoms with E-state index in [4.69, 9.17) is 9.47 Å². The van der Waals surface area contributed by atoms with E-state index in [9.17, 15) is 0 Å². The lowest BCUT2D eigenvalue weighted by Gasteiger charge is -2.10. The van der Waals surface area contributed by atoms with Crippen molar-refractivity contribution in [3.05, 3.63) is 36.4 Å². The minimum atomic E-state index is -0.0612. The lowest BCUT2D eigenvalue weighted by atomic mass is 10.2. The standard InChI is InChI=1S/C12H14O2/c1-3-10-6-4-5-7-11(10)13-8-12(2)9-14-12/h3-7H,1,8-9H2,2H3. The van der Waals surface area contributed by atoms with Gasteiger partial charge >= 0.3 is 0 Å². The molecule has 1 aliphatic rings. The number of hydrogen-bond donors (Lipinski definition) is 0. The second-order valence-electron chi connectivity index (χ2n) is 3.77. The molecule has 2 rings (SSSR count). The highest BCUT2D eigenvalue weighted by atomic mass is 16.6. The van der Waals surface area contributed by atoms with Crippen molar-refractivity contribution in [2.24, 2.45) is 0 Å². The molecule has 0 aromatic heterocycles. The number of epoxide rings is 1. The van der Waals surface area contributed by atoms with Crippen LogP contribution in [-0.2, 0) is 4.74 Å². The summed E-state index contributed by atoms with van der Waals surface area (Å²) in [4.78, 5) is 0. The lowest BCUT2D eigenvalue weighted by Crippen LogP contribution is -2.17. The second-order valence-corrected chi connectivity index (χ2v) is 3.77. The fourth-order valence-electron chi connectivity index (χ4n) is 1.22. The Bertz CT molecular complexity index is 340. The monoisotopic (exact) mass is 190 g/mol. The van der Waals surface area contributed by atoms with Gasteiger partial charge in [-0.2, -0.15) is 0 Å². The van der Waals surface area contributed by atoms with Crippen LogP contribution >= 0.6 is 0 Å². The number of hydrogen-bond acceptors (Lipinski definition) is 2. The summed E-state index contributed by atoms with van der Waals surface area (Å²) in [6, 6.07) is 7.86. The Morgan fingerprint density at radius 2 is 2.29 bits per heavy atom. The van der Waals surface area contributed by atoms with Crippen molar-refractivity contribution in [1.82, 2.24) is 0 Å². The van der Waals surface area contributed by atoms with Crippen LogP contribution in [0.5, 0.6) is 5.75 Å². The predicted octanol–water partition coefficient (Wildman–Crippen LogP) is 2.50. The van der Waals surface area contributed by atoms with Gasteiger partial charge in [0.05, 0.1) is 6.61 Å². The maximum atomic E-state index is 5.66. The van der Waals surface area contributed by atoms with Crippen LogP contribution < -0.4 is 4.74 Å². The normalized spacial score (nSPS) is 24.4. The fourth-order valence-corrected chi connectivity index (χ4v) is 1.22. The van der Waals surface area contributed by atoms with Crippen molar-refractivity contribution in [1.29, 1.82) is 0 Å². The highest BCUT2D eigenvalue weighted by Crippen LogP contribution is 2.28. The van der Waals surface area contributed by atoms with Gasteiger partial charge in [-0.15, -0.1) is 0 Å². The van der Waals surface area contributed by atoms with Gasteiger partial charge in [-0.05, 0) is 13.0 Å². The molecular formula is C12H14O2. The Labute approximate surface area is 84.2 Å². The highest BCUT2D eigenvalue weighted by Gasteiger charge is 2.40. The lowest BCUT2D eigenvalue weighted by molar-refractivity contribution is 0.202. The Balaban J connectivity index is 2.04. The average Bonchev–Trinajstić information content (AvgIpc) is 2.95. The maximum Gasteiger partial charge on any atom is 0.126 e. The molecular weight excluding hydrogens is 176 g/mol. The SMILES string of the molecule is C=Cc1ccccc1OCC1(C)CO1. The van der Waals surface area contributed by atoms with Crippen LogP contribution in [0.25, 0.3) is 6.08 Å². The average molecular weight is 190 g/mol. The number of rotatable bonds is 4. The van der Waals surface area contributed by atoms with E-state index in [0.717, 1.165) is 17.9 Å². The fraction of sp³-hybridized carbons (Fsp3) is 0.333. The zero-order valence-electron chi connectivity index (χ0n) is 8.32. The predicted molar refractivity (Wildman–Crippen MR) is 56.4 cm³/mol. The molecule has 0 saturated carbocycles. The maximum absolute atomic E-state index is 5.66. The molecule has 1 fully saturated rings. The van der Waals surface area contributed by atoms with E-state index < -0.39 is 0 Å². The molecule has 0 aliphatic carbocycles. The number of para-hydroxylation sites is 1. The first-order chi connectivity index (χ1) is 6.73. The molecule has 1 unspecified atom stereocenters. The topological polar surface area (TPSA) is 21.8 Å². The van der Waals surface area contributed by atoms with Crippen molar-refractivity contribution < 1.29 is 9.47 Å². The highest BCUT2D eigenvalue weighted by molar-refractivity contribution is 5.55. The molecule has 2 heteroatoms. The van der Waals surface area contributed by atoms with Crippen LogP contribution in [0.2, 0.25) is 0 Å². The Morgan fingerprint density at radius 1 is 1.57 bits per heavy atom. The summed E-state index contributed by atoms with van der Waals surface area (Å²) in [6.07, 6.45) is 1.80. The van der Waals surface area contributed by atoms with E-state index in [0.29, 0.717) is 6.61 Å². The first-order valence-electron chi connectivity index (χ1n) is 4.72. The number of ether oxygens (including phenoxy) is 2. The van der Waals surface area contributed by atoms with Gasteiger partial charge in [0.25, 0.3) is 0 Å². The summed E-state index contributed by atoms with van der Waals surface area (Å²) >= 11 is 0. The molecule has 74 valence electrons. The van der Waals surface area contributed by atoms with Crippen molar-refractivity contribution >= 4 is 6.08 Å². The van der Waals surface area contributed by atoms with Gasteiger partial charge in [-0.1, -0.05) is 30.9 Å². The van der Waals surface area contributed by atoms with E-state index in [-0.39, 0.29) is 5.60 Å². The van der Waals surface area contributed by atoms with Crippen LogP contribution in [0.4, 0.5) is 0 Å². The van der Waals surface area contributed by atoms with Crippen LogP contribution in [0.1, 0.15) is 12.5 Å². The van der Waals surface area contributed by atoms with Gasteiger partial charge < -0.3 is 9.47 Å². The summed E-state index contributed by atoms with van der Waals surface area (Å²) in [5.41, 5.74) is 0.964. The van der Waals surface area contributed by atoms with E-state index in [1.54, 1.807) is 6.08 Å². The molecule has 14 heavy (non-hydrogen) atoms. The third-order valence-corrected chi connectivity index (χ3v) is 2.31. The molecule has 1 heterocycles. The molecule has 0 amide bonds. The van der Waals surface area contributed by atoms with Gasteiger partial charge in [-0.3, -0.25) is 0 Å². The van der Waals surface area contributed by atoms with E-state index >= 15 is 0 Å². The Kier molecular flexibility index (Phi) is 2.30. The second kappa shape index (κ2) is 3.46. The minimum absolute atomic E-state index is 0.0612. The quantitative estimate of drug-likeness (QED) is 0.680. The van der Waals surface area contributed by atoms with E-state index in [1.165, 1.54) is 0 Å². The molecule has 0 spiro atoms. The van der Waals surface area contributed by atoms with Crippen LogP contribution in [-0.4, -0.2) is 18.8 Å². The Morgan fingerprint density at radius 3 is 2.93 bits per heavy atom. The van der Waals surface area contributed by atoms with Gasteiger partial charge in [-0.25, -0.2) is 0 Å². The van der Waals surface area contributed by atoms with Crippen molar-refractivity contribution in [2.45, 2.75) is 12.5 Å². The Hall–Kier alpha value is -1.28. The summed E-state index contributed by atoms with van der Waals surface area (Å²) in [5, 5.41) is 0. The summed E-state index contributed by atoms with van der Waals surface area (Å²) in [6.45, 7) is 7.19. The van der Waals surface area contributed by atoms with Crippen molar-refractivity contribution in [3.8, 4) is 5.75 Å². The van der Waals surface area contributed by atoms with E-state index in [1.807, 2.05) is 31.2 Å². The molecule has 0 N–H and O–H groups in total. The first kappa shape index (κ1) is 9.28. The van der Waals surface area contributed by atoms with Crippen molar-refractivity contribution in [2.75, 3.05) is 13.2 Å². The molecule has 2 nitrogen and oxygen atoms in total. The smallest absolute Gasteiger partial charge is 0.126 e. The molecule has 0 bridgehead atoms. The summed E-state index contributed by atoms with van der Waals surface area (Å²) in [7, 11) is 0. The summed E-state index contributed by atoms with van der Waals surface area (Å²) < 4.78 is 10.9. The van der Waals surface area contributed by atoms with Gasteiger partial charge in [0.2, 0.25) is 0 Å². The zero-order valence-corrected chi connectivity index (χ0v) is 8.32. The van der Waals surface area contributed by atoms with Crippen molar-refractivity contribution in [3.63, 3.8) is 0 Å². The molecule has 1 saturated heterocycles. The first-order valence-corrected chi connectivity index (χ1v) is 4.72. The molecule has 1 aromatic rings.